The number of imide groups is 1. The van der Waals surface area contributed by atoms with Crippen LogP contribution < -0.4 is 9.64 Å². The van der Waals surface area contributed by atoms with Crippen LogP contribution in [0.3, 0.4) is 0 Å². The van der Waals surface area contributed by atoms with E-state index in [0.29, 0.717) is 28.9 Å². The molecule has 2 aromatic carbocycles. The van der Waals surface area contributed by atoms with E-state index >= 15 is 0 Å². The molecule has 41 heavy (non-hydrogen) atoms. The number of hydrogen-bond acceptors (Lipinski definition) is 8. The van der Waals surface area contributed by atoms with Crippen LogP contribution in [0.1, 0.15) is 38.2 Å². The van der Waals surface area contributed by atoms with Gasteiger partial charge in [0.2, 0.25) is 11.8 Å². The second-order valence-electron chi connectivity index (χ2n) is 10.7. The number of ketones is 2. The number of phenolic OH excluding ortho intramolecular Hbond substituents is 1. The molecule has 1 saturated heterocycles. The van der Waals surface area contributed by atoms with Gasteiger partial charge in [0.1, 0.15) is 0 Å². The number of nitrogens with zero attached hydrogens (tertiary/aromatic N) is 2. The number of carbonyl (C=O) groups is 4. The lowest BCUT2D eigenvalue weighted by Gasteiger charge is -2.42. The number of fused-ring (bicyclic) bond motifs is 3. The zero-order chi connectivity index (χ0) is 29.2. The zero-order valence-corrected chi connectivity index (χ0v) is 22.3. The van der Waals surface area contributed by atoms with Crippen LogP contribution in [0, 0.1) is 27.9 Å². The molecule has 4 aliphatic rings. The highest BCUT2D eigenvalue weighted by molar-refractivity contribution is 6.25. The largest absolute Gasteiger partial charge is 0.504 e. The van der Waals surface area contributed by atoms with Crippen molar-refractivity contribution in [1.82, 2.24) is 0 Å². The molecule has 0 aromatic heterocycles. The number of rotatable bonds is 5. The molecule has 208 valence electrons. The Bertz CT molecular complexity index is 1670. The van der Waals surface area contributed by atoms with Crippen LogP contribution in [0.15, 0.2) is 76.9 Å². The van der Waals surface area contributed by atoms with Gasteiger partial charge in [0.05, 0.1) is 29.1 Å². The third-order valence-electron chi connectivity index (χ3n) is 8.48. The van der Waals surface area contributed by atoms with Crippen LogP contribution in [0.5, 0.6) is 11.5 Å². The minimum absolute atomic E-state index is 0.0687. The fourth-order valence-electron chi connectivity index (χ4n) is 6.74. The monoisotopic (exact) mass is 554 g/mol. The summed E-state index contributed by atoms with van der Waals surface area (Å²) in [6.07, 6.45) is 3.57. The molecule has 1 N–H and O–H groups in total. The maximum atomic E-state index is 14.0. The highest BCUT2D eigenvalue weighted by atomic mass is 16.6. The molecule has 4 atom stereocenters. The van der Waals surface area contributed by atoms with Gasteiger partial charge in [0.25, 0.3) is 5.69 Å². The quantitative estimate of drug-likeness (QED) is 0.189. The van der Waals surface area contributed by atoms with Crippen molar-refractivity contribution in [3.05, 3.63) is 92.6 Å². The number of non-ortho nitro benzene ring substituents is 1. The topological polar surface area (TPSA) is 144 Å². The summed E-state index contributed by atoms with van der Waals surface area (Å²) in [7, 11) is 0. The minimum Gasteiger partial charge on any atom is -0.504 e. The Hall–Kier alpha value is -4.86. The van der Waals surface area contributed by atoms with Crippen molar-refractivity contribution in [2.45, 2.75) is 32.6 Å². The van der Waals surface area contributed by atoms with E-state index in [1.165, 1.54) is 36.4 Å². The van der Waals surface area contributed by atoms with Crippen LogP contribution in [0.4, 0.5) is 11.4 Å². The van der Waals surface area contributed by atoms with Crippen LogP contribution in [0.25, 0.3) is 0 Å². The summed E-state index contributed by atoms with van der Waals surface area (Å²) in [6, 6.07) is 10.2. The molecule has 0 radical (unpaired) electrons. The number of aromatic hydroxyl groups is 1. The van der Waals surface area contributed by atoms with Gasteiger partial charge in [-0.05, 0) is 62.4 Å². The van der Waals surface area contributed by atoms with E-state index in [1.807, 2.05) is 6.08 Å². The predicted octanol–water partition coefficient (Wildman–Crippen LogP) is 4.33. The maximum Gasteiger partial charge on any atom is 0.271 e. The molecule has 6 rings (SSSR count). The number of amides is 2. The van der Waals surface area contributed by atoms with Crippen molar-refractivity contribution in [3.8, 4) is 11.5 Å². The molecule has 0 unspecified atom stereocenters. The highest BCUT2D eigenvalue weighted by Gasteiger charge is 2.56. The van der Waals surface area contributed by atoms with Gasteiger partial charge >= 0.3 is 0 Å². The van der Waals surface area contributed by atoms with Crippen LogP contribution in [-0.2, 0) is 19.2 Å². The number of ether oxygens (including phenoxy) is 1. The number of benzene rings is 2. The van der Waals surface area contributed by atoms with E-state index in [1.54, 1.807) is 26.0 Å². The van der Waals surface area contributed by atoms with E-state index in [4.69, 9.17) is 4.74 Å². The lowest BCUT2D eigenvalue weighted by molar-refractivity contribution is -0.384. The maximum absolute atomic E-state index is 14.0. The van der Waals surface area contributed by atoms with Crippen LogP contribution in [-0.4, -0.2) is 40.0 Å². The third-order valence-corrected chi connectivity index (χ3v) is 8.48. The Kier molecular flexibility index (Phi) is 6.21. The average Bonchev–Trinajstić information content (AvgIpc) is 3.21. The van der Waals surface area contributed by atoms with Crippen molar-refractivity contribution < 1.29 is 33.9 Å². The van der Waals surface area contributed by atoms with Crippen LogP contribution in [0.2, 0.25) is 0 Å². The molecule has 0 saturated carbocycles. The van der Waals surface area contributed by atoms with E-state index in [9.17, 15) is 34.4 Å². The molecule has 1 aliphatic heterocycles. The number of nitro groups is 1. The first kappa shape index (κ1) is 26.4. The number of nitro benzene ring substituents is 1. The number of hydrogen-bond donors (Lipinski definition) is 1. The van der Waals surface area contributed by atoms with Gasteiger partial charge in [-0.2, -0.15) is 0 Å². The molecule has 3 aliphatic carbocycles. The first-order valence-electron chi connectivity index (χ1n) is 13.4. The molecular weight excluding hydrogens is 528 g/mol. The fourth-order valence-corrected chi connectivity index (χ4v) is 6.74. The summed E-state index contributed by atoms with van der Waals surface area (Å²) < 4.78 is 5.59. The first-order chi connectivity index (χ1) is 19.6. The fraction of sp³-hybridized carbons (Fsp3) is 0.290. The van der Waals surface area contributed by atoms with E-state index in [0.717, 1.165) is 10.5 Å². The van der Waals surface area contributed by atoms with Gasteiger partial charge in [0, 0.05) is 34.8 Å². The first-order valence-corrected chi connectivity index (χ1v) is 13.4. The van der Waals surface area contributed by atoms with Gasteiger partial charge in [-0.15, -0.1) is 0 Å². The Balaban J connectivity index is 1.47. The molecule has 2 amide bonds. The van der Waals surface area contributed by atoms with E-state index in [-0.39, 0.29) is 47.3 Å². The number of allylic oxidation sites excluding steroid dienone is 6. The van der Waals surface area contributed by atoms with E-state index < -0.39 is 40.4 Å². The highest BCUT2D eigenvalue weighted by Crippen LogP contribution is 2.56. The SMILES string of the molecule is CCOc1cc([C@H]2C3=CC[C@@H]4C(=O)N(c5cccc([N+](=O)[O-])c5)C(=O)[C@@H]4[C@@H]3CC3=C2C(=O)C=C(C)C3=O)ccc1O. The Morgan fingerprint density at radius 3 is 2.59 bits per heavy atom. The third kappa shape index (κ3) is 4.01. The molecular formula is C31H26N2O8. The molecule has 1 heterocycles. The summed E-state index contributed by atoms with van der Waals surface area (Å²) in [5, 5.41) is 21.7. The van der Waals surface area contributed by atoms with Gasteiger partial charge in [0.15, 0.2) is 23.1 Å². The number of anilines is 1. The molecule has 1 fully saturated rings. The Labute approximate surface area is 234 Å². The van der Waals surface area contributed by atoms with E-state index in [2.05, 4.69) is 0 Å². The second-order valence-corrected chi connectivity index (χ2v) is 10.7. The van der Waals surface area contributed by atoms with Crippen LogP contribution >= 0.6 is 0 Å². The molecule has 10 nitrogen and oxygen atoms in total. The van der Waals surface area contributed by atoms with Crippen molar-refractivity contribution in [3.63, 3.8) is 0 Å². The van der Waals surface area contributed by atoms with Crippen molar-refractivity contribution in [2.75, 3.05) is 11.5 Å². The second kappa shape index (κ2) is 9.65. The minimum atomic E-state index is -0.809. The lowest BCUT2D eigenvalue weighted by Crippen LogP contribution is -2.39. The van der Waals surface area contributed by atoms with Gasteiger partial charge in [-0.25, -0.2) is 4.90 Å². The number of carbonyl (C=O) groups excluding carboxylic acids is 4. The molecule has 0 spiro atoms. The Morgan fingerprint density at radius 2 is 1.85 bits per heavy atom. The standard InChI is InChI=1S/C31H26N2O8/c1-3-41-25-12-16(7-10-23(25)34)26-19-8-9-20-27(21(19)14-22-28(26)24(35)11-15(2)29(22)36)31(38)32(30(20)37)17-5-4-6-18(13-17)33(39)40/h4-8,10-13,20-21,26-27,34H,3,9,14H2,1-2H3/t20-,21+,26-,27-/m0/s1. The van der Waals surface area contributed by atoms with Crippen molar-refractivity contribution in [2.24, 2.45) is 17.8 Å². The lowest BCUT2D eigenvalue weighted by atomic mass is 9.59. The van der Waals surface area contributed by atoms with Crippen molar-refractivity contribution in [1.29, 1.82) is 0 Å². The summed E-state index contributed by atoms with van der Waals surface area (Å²) in [6.45, 7) is 3.66. The predicted molar refractivity (Wildman–Crippen MR) is 146 cm³/mol. The number of Topliss-reactive ketones (excluding diaryl/α,β-unsaturated/α-hetero) is 1. The molecule has 10 heteroatoms. The average molecular weight is 555 g/mol. The zero-order valence-electron chi connectivity index (χ0n) is 22.3. The molecule has 0 bridgehead atoms. The Morgan fingerprint density at radius 1 is 1.07 bits per heavy atom. The van der Waals surface area contributed by atoms with Gasteiger partial charge < -0.3 is 9.84 Å². The molecule has 2 aromatic rings. The summed E-state index contributed by atoms with van der Waals surface area (Å²) >= 11 is 0. The van der Waals surface area contributed by atoms with Gasteiger partial charge in [-0.3, -0.25) is 29.3 Å². The smallest absolute Gasteiger partial charge is 0.271 e. The summed E-state index contributed by atoms with van der Waals surface area (Å²) in [5.74, 6) is -4.08. The number of phenols is 1. The summed E-state index contributed by atoms with van der Waals surface area (Å²) in [5.41, 5.74) is 2.23. The summed E-state index contributed by atoms with van der Waals surface area (Å²) in [4.78, 5) is 66.2. The van der Waals surface area contributed by atoms with Crippen molar-refractivity contribution >= 4 is 34.8 Å². The van der Waals surface area contributed by atoms with Gasteiger partial charge in [-0.1, -0.05) is 23.8 Å². The normalized spacial score (nSPS) is 25.4.